The van der Waals surface area contributed by atoms with Crippen molar-refractivity contribution in [1.29, 1.82) is 0 Å². The Morgan fingerprint density at radius 2 is 2.00 bits per heavy atom. The smallest absolute Gasteiger partial charge is 0.392 e. The number of nitrogen functional groups attached to an aromatic ring is 1. The van der Waals surface area contributed by atoms with E-state index >= 15 is 0 Å². The van der Waals surface area contributed by atoms with Gasteiger partial charge in [-0.3, -0.25) is 10.6 Å². The Labute approximate surface area is 108 Å². The van der Waals surface area contributed by atoms with Crippen LogP contribution in [0.4, 0.5) is 5.82 Å². The minimum Gasteiger partial charge on any atom is -0.507 e. The van der Waals surface area contributed by atoms with Gasteiger partial charge in [0, 0.05) is 6.07 Å². The van der Waals surface area contributed by atoms with Crippen molar-refractivity contribution in [2.24, 2.45) is 0 Å². The van der Waals surface area contributed by atoms with Crippen LogP contribution >= 0.6 is 11.6 Å². The van der Waals surface area contributed by atoms with Crippen LogP contribution in [0, 0.1) is 0 Å². The SMILES string of the molecule is Nc1ccc(Cl)c[n+]1OC(=O)c1ccccc1O. The van der Waals surface area contributed by atoms with E-state index in [1.165, 1.54) is 24.4 Å². The first-order valence-electron chi connectivity index (χ1n) is 5.05. The molecular weight excluding hydrogens is 256 g/mol. The highest BCUT2D eigenvalue weighted by molar-refractivity contribution is 6.30. The van der Waals surface area contributed by atoms with Gasteiger partial charge in [0.05, 0.1) is 5.02 Å². The van der Waals surface area contributed by atoms with E-state index in [9.17, 15) is 9.90 Å². The van der Waals surface area contributed by atoms with E-state index in [2.05, 4.69) is 0 Å². The number of benzene rings is 1. The van der Waals surface area contributed by atoms with Gasteiger partial charge in [0.2, 0.25) is 0 Å². The van der Waals surface area contributed by atoms with Crippen molar-refractivity contribution in [2.75, 3.05) is 5.73 Å². The predicted molar refractivity (Wildman–Crippen MR) is 65.1 cm³/mol. The van der Waals surface area contributed by atoms with Gasteiger partial charge in [0.25, 0.3) is 0 Å². The molecule has 18 heavy (non-hydrogen) atoms. The fourth-order valence-corrected chi connectivity index (χ4v) is 1.48. The van der Waals surface area contributed by atoms with Crippen LogP contribution in [0.2, 0.25) is 5.02 Å². The molecule has 3 N–H and O–H groups in total. The average molecular weight is 266 g/mol. The summed E-state index contributed by atoms with van der Waals surface area (Å²) in [5.41, 5.74) is 5.66. The summed E-state index contributed by atoms with van der Waals surface area (Å²) in [7, 11) is 0. The Bertz CT molecular complexity index is 602. The molecule has 0 saturated carbocycles. The number of hydrogen-bond donors (Lipinski definition) is 2. The number of phenolic OH excluding ortho intramolecular Hbond substituents is 1. The van der Waals surface area contributed by atoms with E-state index in [1.54, 1.807) is 18.2 Å². The number of anilines is 1. The molecule has 6 heteroatoms. The topological polar surface area (TPSA) is 76.4 Å². The van der Waals surface area contributed by atoms with E-state index in [1.807, 2.05) is 0 Å². The highest BCUT2D eigenvalue weighted by Gasteiger charge is 2.17. The first kappa shape index (κ1) is 12.2. The predicted octanol–water partition coefficient (Wildman–Crippen LogP) is 1.18. The maximum absolute atomic E-state index is 11.8. The average Bonchev–Trinajstić information content (AvgIpc) is 2.34. The first-order valence-corrected chi connectivity index (χ1v) is 5.43. The van der Waals surface area contributed by atoms with E-state index < -0.39 is 5.97 Å². The number of carbonyl (C=O) groups is 1. The van der Waals surface area contributed by atoms with Crippen LogP contribution in [0.25, 0.3) is 0 Å². The van der Waals surface area contributed by atoms with E-state index in [4.69, 9.17) is 22.2 Å². The summed E-state index contributed by atoms with van der Waals surface area (Å²) >= 11 is 5.76. The Morgan fingerprint density at radius 3 is 2.72 bits per heavy atom. The monoisotopic (exact) mass is 265 g/mol. The van der Waals surface area contributed by atoms with Gasteiger partial charge in [0.1, 0.15) is 11.3 Å². The molecule has 5 nitrogen and oxygen atoms in total. The van der Waals surface area contributed by atoms with Crippen LogP contribution in [0.1, 0.15) is 10.4 Å². The van der Waals surface area contributed by atoms with Crippen molar-refractivity contribution < 1.29 is 19.5 Å². The van der Waals surface area contributed by atoms with Crippen LogP contribution in [-0.2, 0) is 0 Å². The molecule has 0 amide bonds. The molecule has 92 valence electrons. The molecule has 0 aliphatic heterocycles. The molecule has 2 rings (SSSR count). The molecule has 1 aromatic heterocycles. The van der Waals surface area contributed by atoms with Gasteiger partial charge in [-0.1, -0.05) is 23.7 Å². The van der Waals surface area contributed by atoms with Crippen molar-refractivity contribution >= 4 is 23.4 Å². The molecule has 0 aliphatic rings. The van der Waals surface area contributed by atoms with Crippen molar-refractivity contribution in [2.45, 2.75) is 0 Å². The van der Waals surface area contributed by atoms with Gasteiger partial charge in [-0.25, -0.2) is 4.79 Å². The highest BCUT2D eigenvalue weighted by Crippen LogP contribution is 2.15. The molecule has 1 aromatic carbocycles. The van der Waals surface area contributed by atoms with Gasteiger partial charge in [-0.15, -0.1) is 0 Å². The van der Waals surface area contributed by atoms with Gasteiger partial charge < -0.3 is 5.11 Å². The summed E-state index contributed by atoms with van der Waals surface area (Å²) in [4.78, 5) is 16.8. The summed E-state index contributed by atoms with van der Waals surface area (Å²) in [6, 6.07) is 9.12. The molecule has 0 spiro atoms. The summed E-state index contributed by atoms with van der Waals surface area (Å²) < 4.78 is 1.04. The zero-order valence-electron chi connectivity index (χ0n) is 9.21. The highest BCUT2D eigenvalue weighted by atomic mass is 35.5. The second-order valence-corrected chi connectivity index (χ2v) is 3.93. The number of aromatic hydroxyl groups is 1. The van der Waals surface area contributed by atoms with Crippen LogP contribution in [0.3, 0.4) is 0 Å². The third kappa shape index (κ3) is 2.52. The summed E-state index contributed by atoms with van der Waals surface area (Å²) in [5.74, 6) is -0.682. The zero-order chi connectivity index (χ0) is 13.1. The summed E-state index contributed by atoms with van der Waals surface area (Å²) in [5, 5.41) is 9.89. The third-order valence-electron chi connectivity index (χ3n) is 2.21. The third-order valence-corrected chi connectivity index (χ3v) is 2.44. The van der Waals surface area contributed by atoms with E-state index in [0.717, 1.165) is 4.73 Å². The molecule has 0 aliphatic carbocycles. The molecule has 1 heterocycles. The Morgan fingerprint density at radius 1 is 1.28 bits per heavy atom. The maximum Gasteiger partial charge on any atom is 0.392 e. The van der Waals surface area contributed by atoms with Crippen molar-refractivity contribution in [3.8, 4) is 5.75 Å². The van der Waals surface area contributed by atoms with E-state index in [-0.39, 0.29) is 17.1 Å². The lowest BCUT2D eigenvalue weighted by Crippen LogP contribution is -2.47. The van der Waals surface area contributed by atoms with Crippen LogP contribution in [0.15, 0.2) is 42.6 Å². The Balaban J connectivity index is 2.27. The summed E-state index contributed by atoms with van der Waals surface area (Å²) in [6.07, 6.45) is 1.36. The number of phenols is 1. The van der Waals surface area contributed by atoms with Crippen LogP contribution < -0.4 is 15.3 Å². The first-order chi connectivity index (χ1) is 8.58. The van der Waals surface area contributed by atoms with Crippen molar-refractivity contribution in [1.82, 2.24) is 0 Å². The number of carbonyl (C=O) groups excluding carboxylic acids is 1. The molecule has 0 fully saturated rings. The molecule has 0 atom stereocenters. The van der Waals surface area contributed by atoms with Crippen LogP contribution in [0.5, 0.6) is 5.75 Å². The maximum atomic E-state index is 11.8. The standard InChI is InChI=1S/C12H9ClN2O3/c13-8-5-6-11(14)15(7-8)18-12(17)9-3-1-2-4-10(9)16/h1-7,14H,(H,16,17)/p+1. The number of halogens is 1. The number of nitrogens with two attached hydrogens (primary N) is 1. The van der Waals surface area contributed by atoms with Gasteiger partial charge in [0.15, 0.2) is 6.20 Å². The second kappa shape index (κ2) is 4.93. The fraction of sp³-hybridized carbons (Fsp3) is 0. The van der Waals surface area contributed by atoms with E-state index in [0.29, 0.717) is 5.02 Å². The van der Waals surface area contributed by atoms with Crippen molar-refractivity contribution in [3.05, 3.63) is 53.2 Å². The molecule has 0 unspecified atom stereocenters. The number of nitrogens with zero attached hydrogens (tertiary/aromatic N) is 1. The number of para-hydroxylation sites is 1. The minimum absolute atomic E-state index is 0.0457. The fourth-order valence-electron chi connectivity index (χ4n) is 1.33. The molecule has 0 radical (unpaired) electrons. The number of pyridine rings is 1. The lowest BCUT2D eigenvalue weighted by atomic mass is 10.2. The molecule has 2 aromatic rings. The lowest BCUT2D eigenvalue weighted by Gasteiger charge is -2.04. The van der Waals surface area contributed by atoms with Gasteiger partial charge in [-0.2, -0.15) is 0 Å². The Kier molecular flexibility index (Phi) is 3.34. The molecule has 0 saturated heterocycles. The number of hydrogen-bond acceptors (Lipinski definition) is 4. The number of aromatic nitrogens is 1. The summed E-state index contributed by atoms with van der Waals surface area (Å²) in [6.45, 7) is 0. The second-order valence-electron chi connectivity index (χ2n) is 3.49. The van der Waals surface area contributed by atoms with Gasteiger partial charge >= 0.3 is 11.8 Å². The minimum atomic E-state index is -0.730. The molecular formula is C12H10ClN2O3+. The quantitative estimate of drug-likeness (QED) is 0.800. The molecule has 0 bridgehead atoms. The lowest BCUT2D eigenvalue weighted by molar-refractivity contribution is -0.856. The normalized spacial score (nSPS) is 10.1. The largest absolute Gasteiger partial charge is 0.507 e. The Hall–Kier alpha value is -2.27. The zero-order valence-corrected chi connectivity index (χ0v) is 9.96. The van der Waals surface area contributed by atoms with Crippen molar-refractivity contribution in [3.63, 3.8) is 0 Å². The van der Waals surface area contributed by atoms with Crippen LogP contribution in [-0.4, -0.2) is 11.1 Å². The van der Waals surface area contributed by atoms with Gasteiger partial charge in [-0.05, 0) is 22.9 Å². The number of rotatable bonds is 2.